The van der Waals surface area contributed by atoms with Gasteiger partial charge in [0.2, 0.25) is 0 Å². The standard InChI is InChI=1S/C30H37N9O3/c1-20-6-8-23(34-29(40)42-30(3,4)5)15-24(20)35-28-14-21(2)37-39(28)27-16-26(32-19-33-27)36-25-9-7-22(17-31-25)18-38-10-12-41-13-11-38/h6-9,14-17,19,35H,10-13,18H2,1-5H3,(H,34,40)(H,31,32,33,36). The highest BCUT2D eigenvalue weighted by Crippen LogP contribution is 2.27. The first kappa shape index (κ1) is 29.0. The summed E-state index contributed by atoms with van der Waals surface area (Å²) in [6.07, 6.45) is 2.86. The van der Waals surface area contributed by atoms with Crippen LogP contribution in [0.4, 0.5) is 33.6 Å². The summed E-state index contributed by atoms with van der Waals surface area (Å²) >= 11 is 0. The van der Waals surface area contributed by atoms with E-state index in [2.05, 4.69) is 47.0 Å². The number of rotatable bonds is 8. The highest BCUT2D eigenvalue weighted by molar-refractivity contribution is 5.86. The molecule has 4 aromatic rings. The van der Waals surface area contributed by atoms with Crippen LogP contribution in [-0.2, 0) is 16.0 Å². The lowest BCUT2D eigenvalue weighted by Gasteiger charge is -2.26. The van der Waals surface area contributed by atoms with Crippen molar-refractivity contribution >= 4 is 34.9 Å². The number of benzene rings is 1. The Bertz CT molecular complexity index is 1520. The summed E-state index contributed by atoms with van der Waals surface area (Å²) in [5, 5.41) is 14.1. The molecule has 0 radical (unpaired) electrons. The molecule has 12 heteroatoms. The summed E-state index contributed by atoms with van der Waals surface area (Å²) in [7, 11) is 0. The number of morpholine rings is 1. The maximum atomic E-state index is 12.3. The average Bonchev–Trinajstić information content (AvgIpc) is 3.31. The van der Waals surface area contributed by atoms with Crippen LogP contribution >= 0.6 is 0 Å². The molecule has 0 bridgehead atoms. The molecule has 12 nitrogen and oxygen atoms in total. The van der Waals surface area contributed by atoms with Crippen molar-refractivity contribution in [2.45, 2.75) is 46.8 Å². The van der Waals surface area contributed by atoms with Gasteiger partial charge < -0.3 is 20.1 Å². The first-order valence-electron chi connectivity index (χ1n) is 13.9. The number of hydrogen-bond donors (Lipinski definition) is 3. The normalized spacial score (nSPS) is 13.9. The highest BCUT2D eigenvalue weighted by atomic mass is 16.6. The fourth-order valence-electron chi connectivity index (χ4n) is 4.43. The van der Waals surface area contributed by atoms with E-state index in [1.165, 1.54) is 6.33 Å². The number of ether oxygens (including phenoxy) is 2. The van der Waals surface area contributed by atoms with Crippen molar-refractivity contribution in [2.24, 2.45) is 0 Å². The summed E-state index contributed by atoms with van der Waals surface area (Å²) < 4.78 is 12.5. The molecule has 0 aliphatic carbocycles. The number of carbonyl (C=O) groups excluding carboxylic acids is 1. The SMILES string of the molecule is Cc1cc(Nc2cc(NC(=O)OC(C)(C)C)ccc2C)n(-c2cc(Nc3ccc(CN4CCOCC4)cn3)ncn2)n1. The van der Waals surface area contributed by atoms with Crippen molar-refractivity contribution in [3.63, 3.8) is 0 Å². The first-order chi connectivity index (χ1) is 20.1. The zero-order valence-corrected chi connectivity index (χ0v) is 24.6. The Hall–Kier alpha value is -4.55. The zero-order valence-electron chi connectivity index (χ0n) is 24.6. The second kappa shape index (κ2) is 12.5. The molecule has 0 saturated carbocycles. The van der Waals surface area contributed by atoms with Gasteiger partial charge in [-0.2, -0.15) is 9.78 Å². The number of aryl methyl sites for hydroxylation is 2. The molecule has 3 aromatic heterocycles. The van der Waals surface area contributed by atoms with Gasteiger partial charge in [0.15, 0.2) is 5.82 Å². The van der Waals surface area contributed by atoms with Gasteiger partial charge in [0, 0.05) is 49.3 Å². The van der Waals surface area contributed by atoms with Crippen molar-refractivity contribution < 1.29 is 14.3 Å². The van der Waals surface area contributed by atoms with E-state index in [4.69, 9.17) is 9.47 Å². The Kier molecular flexibility index (Phi) is 8.64. The second-order valence-electron chi connectivity index (χ2n) is 11.2. The van der Waals surface area contributed by atoms with Crippen LogP contribution in [0, 0.1) is 13.8 Å². The Morgan fingerprint density at radius 3 is 2.52 bits per heavy atom. The molecule has 4 heterocycles. The van der Waals surface area contributed by atoms with Crippen LogP contribution in [0.15, 0.2) is 55.0 Å². The topological polar surface area (TPSA) is 131 Å². The van der Waals surface area contributed by atoms with Crippen LogP contribution in [0.3, 0.4) is 0 Å². The minimum atomic E-state index is -0.590. The third kappa shape index (κ3) is 7.80. The largest absolute Gasteiger partial charge is 0.444 e. The lowest BCUT2D eigenvalue weighted by atomic mass is 10.1. The van der Waals surface area contributed by atoms with Gasteiger partial charge >= 0.3 is 6.09 Å². The quantitative estimate of drug-likeness (QED) is 0.255. The van der Waals surface area contributed by atoms with Gasteiger partial charge in [-0.05, 0) is 63.9 Å². The van der Waals surface area contributed by atoms with Crippen LogP contribution in [0.2, 0.25) is 0 Å². The van der Waals surface area contributed by atoms with Gasteiger partial charge in [-0.15, -0.1) is 0 Å². The Morgan fingerprint density at radius 1 is 0.976 bits per heavy atom. The molecule has 42 heavy (non-hydrogen) atoms. The summed E-state index contributed by atoms with van der Waals surface area (Å²) in [5.74, 6) is 2.56. The monoisotopic (exact) mass is 571 g/mol. The third-order valence-corrected chi connectivity index (χ3v) is 6.44. The van der Waals surface area contributed by atoms with Gasteiger partial charge in [0.1, 0.15) is 29.4 Å². The lowest BCUT2D eigenvalue weighted by Crippen LogP contribution is -2.35. The number of anilines is 5. The molecule has 1 saturated heterocycles. The number of hydrogen-bond acceptors (Lipinski definition) is 10. The zero-order chi connectivity index (χ0) is 29.7. The maximum Gasteiger partial charge on any atom is 0.412 e. The Labute approximate surface area is 245 Å². The van der Waals surface area contributed by atoms with E-state index in [-0.39, 0.29) is 0 Å². The maximum absolute atomic E-state index is 12.3. The van der Waals surface area contributed by atoms with E-state index in [0.29, 0.717) is 29.0 Å². The number of amides is 1. The predicted octanol–water partition coefficient (Wildman–Crippen LogP) is 5.34. The van der Waals surface area contributed by atoms with Crippen molar-refractivity contribution in [2.75, 3.05) is 42.3 Å². The van der Waals surface area contributed by atoms with E-state index in [1.54, 1.807) is 4.68 Å². The number of nitrogens with one attached hydrogen (secondary N) is 3. The highest BCUT2D eigenvalue weighted by Gasteiger charge is 2.17. The Morgan fingerprint density at radius 2 is 1.79 bits per heavy atom. The number of nitrogens with zero attached hydrogens (tertiary/aromatic N) is 6. The van der Waals surface area contributed by atoms with Crippen molar-refractivity contribution in [3.8, 4) is 5.82 Å². The van der Waals surface area contributed by atoms with E-state index >= 15 is 0 Å². The van der Waals surface area contributed by atoms with Crippen molar-refractivity contribution in [3.05, 3.63) is 71.8 Å². The molecular weight excluding hydrogens is 534 g/mol. The minimum Gasteiger partial charge on any atom is -0.444 e. The summed E-state index contributed by atoms with van der Waals surface area (Å²) in [6.45, 7) is 13.6. The fraction of sp³-hybridized carbons (Fsp3) is 0.367. The molecule has 1 amide bonds. The van der Waals surface area contributed by atoms with Gasteiger partial charge in [-0.25, -0.2) is 19.7 Å². The Balaban J connectivity index is 1.29. The van der Waals surface area contributed by atoms with E-state index in [1.807, 2.05) is 77.2 Å². The molecule has 3 N–H and O–H groups in total. The van der Waals surface area contributed by atoms with E-state index < -0.39 is 11.7 Å². The van der Waals surface area contributed by atoms with Gasteiger partial charge in [0.05, 0.1) is 18.9 Å². The van der Waals surface area contributed by atoms with Gasteiger partial charge in [-0.1, -0.05) is 12.1 Å². The molecule has 1 aliphatic rings. The molecule has 5 rings (SSSR count). The minimum absolute atomic E-state index is 0.513. The third-order valence-electron chi connectivity index (χ3n) is 6.44. The van der Waals surface area contributed by atoms with E-state index in [0.717, 1.165) is 55.4 Å². The van der Waals surface area contributed by atoms with Crippen LogP contribution in [0.1, 0.15) is 37.6 Å². The van der Waals surface area contributed by atoms with E-state index in [9.17, 15) is 4.79 Å². The second-order valence-corrected chi connectivity index (χ2v) is 11.2. The van der Waals surface area contributed by atoms with Crippen LogP contribution < -0.4 is 16.0 Å². The average molecular weight is 572 g/mol. The fourth-order valence-corrected chi connectivity index (χ4v) is 4.43. The van der Waals surface area contributed by atoms with Crippen LogP contribution in [-0.4, -0.2) is 67.6 Å². The van der Waals surface area contributed by atoms with Gasteiger partial charge in [0.25, 0.3) is 0 Å². The molecule has 0 unspecified atom stereocenters. The molecule has 1 fully saturated rings. The van der Waals surface area contributed by atoms with Gasteiger partial charge in [-0.3, -0.25) is 10.2 Å². The van der Waals surface area contributed by atoms with Crippen molar-refractivity contribution in [1.82, 2.24) is 29.6 Å². The first-order valence-corrected chi connectivity index (χ1v) is 13.9. The summed E-state index contributed by atoms with van der Waals surface area (Å²) in [6, 6.07) is 13.4. The molecule has 1 aromatic carbocycles. The summed E-state index contributed by atoms with van der Waals surface area (Å²) in [4.78, 5) is 28.1. The molecular formula is C30H37N9O3. The molecule has 220 valence electrons. The molecule has 0 atom stereocenters. The summed E-state index contributed by atoms with van der Waals surface area (Å²) in [5.41, 5.74) is 3.77. The molecule has 1 aliphatic heterocycles. The smallest absolute Gasteiger partial charge is 0.412 e. The van der Waals surface area contributed by atoms with Crippen molar-refractivity contribution in [1.29, 1.82) is 0 Å². The molecule has 0 spiro atoms. The van der Waals surface area contributed by atoms with Crippen LogP contribution in [0.5, 0.6) is 0 Å². The predicted molar refractivity (Wildman–Crippen MR) is 162 cm³/mol. The number of aromatic nitrogens is 5. The number of pyridine rings is 1. The lowest BCUT2D eigenvalue weighted by molar-refractivity contribution is 0.0341. The number of carbonyl (C=O) groups is 1. The van der Waals surface area contributed by atoms with Crippen LogP contribution in [0.25, 0.3) is 5.82 Å².